The van der Waals surface area contributed by atoms with Crippen molar-refractivity contribution in [2.45, 2.75) is 13.1 Å². The summed E-state index contributed by atoms with van der Waals surface area (Å²) >= 11 is 6.03. The number of nitrogens with one attached hydrogen (secondary N) is 1. The molecule has 0 atom stereocenters. The second kappa shape index (κ2) is 4.96. The lowest BCUT2D eigenvalue weighted by molar-refractivity contribution is 0.0787. The lowest BCUT2D eigenvalue weighted by Gasteiger charge is -2.15. The molecule has 2 aromatic rings. The highest BCUT2D eigenvalue weighted by Gasteiger charge is 2.25. The third-order valence-corrected chi connectivity index (χ3v) is 3.87. The maximum Gasteiger partial charge on any atom is 0.256 e. The van der Waals surface area contributed by atoms with Gasteiger partial charge in [-0.15, -0.1) is 0 Å². The second-order valence-corrected chi connectivity index (χ2v) is 5.45. The van der Waals surface area contributed by atoms with Gasteiger partial charge in [-0.25, -0.2) is 0 Å². The number of carbonyl (C=O) groups excluding carboxylic acids is 1. The van der Waals surface area contributed by atoms with Gasteiger partial charge >= 0.3 is 0 Å². The summed E-state index contributed by atoms with van der Waals surface area (Å²) in [6, 6.07) is 7.55. The summed E-state index contributed by atoms with van der Waals surface area (Å²) in [5.74, 6) is 0.00149. The van der Waals surface area contributed by atoms with E-state index in [1.54, 1.807) is 11.0 Å². The molecule has 20 heavy (non-hydrogen) atoms. The Kier molecular flexibility index (Phi) is 3.28. The molecule has 0 bridgehead atoms. The Labute approximate surface area is 123 Å². The van der Waals surface area contributed by atoms with Crippen LogP contribution in [0.25, 0.3) is 5.69 Å². The maximum atomic E-state index is 12.5. The molecule has 0 spiro atoms. The molecule has 1 aliphatic heterocycles. The standard InChI is InChI=1S/C15H16ClN3O/c1-17-8-10-5-6-19-13-4-3-11(16)7-12(13)15(20)18(2)9-14(10)19/h3-7,17H,8-9H2,1-2H3. The molecule has 0 unspecified atom stereocenters. The minimum absolute atomic E-state index is 0.00149. The van der Waals surface area contributed by atoms with Crippen LogP contribution in [-0.4, -0.2) is 29.5 Å². The van der Waals surface area contributed by atoms with E-state index in [1.165, 1.54) is 5.56 Å². The Morgan fingerprint density at radius 1 is 1.35 bits per heavy atom. The van der Waals surface area contributed by atoms with E-state index >= 15 is 0 Å². The average Bonchev–Trinajstić information content (AvgIpc) is 2.77. The molecule has 5 heteroatoms. The first-order valence-electron chi connectivity index (χ1n) is 6.51. The van der Waals surface area contributed by atoms with Crippen LogP contribution in [0, 0.1) is 0 Å². The molecule has 1 aromatic carbocycles. The minimum Gasteiger partial charge on any atom is -0.336 e. The number of aromatic nitrogens is 1. The molecule has 0 aliphatic carbocycles. The van der Waals surface area contributed by atoms with Gasteiger partial charge in [-0.1, -0.05) is 11.6 Å². The Balaban J connectivity index is 2.23. The number of fused-ring (bicyclic) bond motifs is 3. The molecule has 0 fully saturated rings. The van der Waals surface area contributed by atoms with Gasteiger partial charge in [0.25, 0.3) is 5.91 Å². The number of halogens is 1. The van der Waals surface area contributed by atoms with Gasteiger partial charge in [0.15, 0.2) is 0 Å². The number of nitrogens with zero attached hydrogens (tertiary/aromatic N) is 2. The maximum absolute atomic E-state index is 12.5. The largest absolute Gasteiger partial charge is 0.336 e. The van der Waals surface area contributed by atoms with Crippen LogP contribution >= 0.6 is 11.6 Å². The van der Waals surface area contributed by atoms with Crippen LogP contribution in [0.3, 0.4) is 0 Å². The topological polar surface area (TPSA) is 37.3 Å². The van der Waals surface area contributed by atoms with Crippen LogP contribution in [0.2, 0.25) is 5.02 Å². The number of carbonyl (C=O) groups is 1. The fourth-order valence-corrected chi connectivity index (χ4v) is 2.82. The van der Waals surface area contributed by atoms with E-state index < -0.39 is 0 Å². The van der Waals surface area contributed by atoms with E-state index in [0.29, 0.717) is 17.1 Å². The highest BCUT2D eigenvalue weighted by Crippen LogP contribution is 2.28. The van der Waals surface area contributed by atoms with E-state index in [2.05, 4.69) is 16.0 Å². The zero-order valence-electron chi connectivity index (χ0n) is 11.5. The zero-order chi connectivity index (χ0) is 14.3. The normalized spacial score (nSPS) is 13.9. The summed E-state index contributed by atoms with van der Waals surface area (Å²) in [5, 5.41) is 3.74. The fraction of sp³-hybridized carbons (Fsp3) is 0.267. The van der Waals surface area contributed by atoms with E-state index in [1.807, 2.05) is 32.4 Å². The van der Waals surface area contributed by atoms with Crippen molar-refractivity contribution in [3.63, 3.8) is 0 Å². The lowest BCUT2D eigenvalue weighted by Crippen LogP contribution is -2.25. The Hall–Kier alpha value is -1.78. The van der Waals surface area contributed by atoms with Gasteiger partial charge in [0.2, 0.25) is 0 Å². The van der Waals surface area contributed by atoms with Crippen LogP contribution in [0.5, 0.6) is 0 Å². The Morgan fingerprint density at radius 2 is 2.15 bits per heavy atom. The number of rotatable bonds is 2. The van der Waals surface area contributed by atoms with Crippen LogP contribution in [0.1, 0.15) is 21.6 Å². The van der Waals surface area contributed by atoms with Crippen molar-refractivity contribution in [1.82, 2.24) is 14.8 Å². The van der Waals surface area contributed by atoms with Crippen LogP contribution in [0.15, 0.2) is 30.5 Å². The van der Waals surface area contributed by atoms with Crippen molar-refractivity contribution in [3.05, 3.63) is 52.3 Å². The molecule has 2 heterocycles. The number of hydrogen-bond acceptors (Lipinski definition) is 2. The molecule has 4 nitrogen and oxygen atoms in total. The molecule has 0 radical (unpaired) electrons. The predicted octanol–water partition coefficient (Wildman–Crippen LogP) is 2.44. The molecular weight excluding hydrogens is 274 g/mol. The second-order valence-electron chi connectivity index (χ2n) is 5.01. The quantitative estimate of drug-likeness (QED) is 0.922. The Bertz CT molecular complexity index is 678. The van der Waals surface area contributed by atoms with Gasteiger partial charge < -0.3 is 14.8 Å². The molecule has 1 amide bonds. The number of benzene rings is 1. The van der Waals surface area contributed by atoms with E-state index in [-0.39, 0.29) is 5.91 Å². The predicted molar refractivity (Wildman–Crippen MR) is 79.3 cm³/mol. The summed E-state index contributed by atoms with van der Waals surface area (Å²) in [6.07, 6.45) is 2.02. The number of hydrogen-bond donors (Lipinski definition) is 1. The third kappa shape index (κ3) is 2.01. The van der Waals surface area contributed by atoms with Crippen molar-refractivity contribution in [1.29, 1.82) is 0 Å². The Morgan fingerprint density at radius 3 is 2.90 bits per heavy atom. The SMILES string of the molecule is CNCc1ccn2c1CN(C)C(=O)c1cc(Cl)ccc1-2. The van der Waals surface area contributed by atoms with Crippen molar-refractivity contribution in [3.8, 4) is 5.69 Å². The minimum atomic E-state index is 0.00149. The van der Waals surface area contributed by atoms with Crippen molar-refractivity contribution < 1.29 is 4.79 Å². The first kappa shape index (κ1) is 13.2. The first-order chi connectivity index (χ1) is 9.61. The van der Waals surface area contributed by atoms with Crippen LogP contribution in [0.4, 0.5) is 0 Å². The number of amides is 1. The van der Waals surface area contributed by atoms with Gasteiger partial charge in [0.1, 0.15) is 0 Å². The molecule has 3 rings (SSSR count). The smallest absolute Gasteiger partial charge is 0.256 e. The summed E-state index contributed by atoms with van der Waals surface area (Å²) in [5.41, 5.74) is 3.87. The molecule has 104 valence electrons. The highest BCUT2D eigenvalue weighted by atomic mass is 35.5. The van der Waals surface area contributed by atoms with Gasteiger partial charge in [0.05, 0.1) is 17.8 Å². The highest BCUT2D eigenvalue weighted by molar-refractivity contribution is 6.31. The van der Waals surface area contributed by atoms with Crippen molar-refractivity contribution in [2.75, 3.05) is 14.1 Å². The molecule has 0 saturated carbocycles. The van der Waals surface area contributed by atoms with Gasteiger partial charge in [-0.05, 0) is 36.9 Å². The van der Waals surface area contributed by atoms with E-state index in [0.717, 1.165) is 17.9 Å². The zero-order valence-corrected chi connectivity index (χ0v) is 12.2. The first-order valence-corrected chi connectivity index (χ1v) is 6.88. The van der Waals surface area contributed by atoms with Crippen molar-refractivity contribution in [2.24, 2.45) is 0 Å². The summed E-state index contributed by atoms with van der Waals surface area (Å²) in [7, 11) is 3.74. The molecule has 0 saturated heterocycles. The van der Waals surface area contributed by atoms with Gasteiger partial charge in [-0.2, -0.15) is 0 Å². The summed E-state index contributed by atoms with van der Waals surface area (Å²) in [6.45, 7) is 1.38. The molecule has 1 aliphatic rings. The summed E-state index contributed by atoms with van der Waals surface area (Å²) < 4.78 is 2.08. The average molecular weight is 290 g/mol. The monoisotopic (exact) mass is 289 g/mol. The third-order valence-electron chi connectivity index (χ3n) is 3.64. The molecular formula is C15H16ClN3O. The molecule has 1 N–H and O–H groups in total. The van der Waals surface area contributed by atoms with Crippen LogP contribution in [-0.2, 0) is 13.1 Å². The summed E-state index contributed by atoms with van der Waals surface area (Å²) in [4.78, 5) is 14.2. The van der Waals surface area contributed by atoms with Crippen LogP contribution < -0.4 is 5.32 Å². The van der Waals surface area contributed by atoms with E-state index in [4.69, 9.17) is 11.6 Å². The van der Waals surface area contributed by atoms with Crippen molar-refractivity contribution >= 4 is 17.5 Å². The van der Waals surface area contributed by atoms with Gasteiger partial charge in [0, 0.05) is 30.5 Å². The van der Waals surface area contributed by atoms with E-state index in [9.17, 15) is 4.79 Å². The van der Waals surface area contributed by atoms with Gasteiger partial charge in [-0.3, -0.25) is 4.79 Å². The fourth-order valence-electron chi connectivity index (χ4n) is 2.65. The lowest BCUT2D eigenvalue weighted by atomic mass is 10.1. The molecule has 1 aromatic heterocycles.